The van der Waals surface area contributed by atoms with E-state index in [1.54, 1.807) is 0 Å². The smallest absolute Gasteiger partial charge is 0.178 e. The zero-order chi connectivity index (χ0) is 19.3. The molecule has 4 heteroatoms. The molecule has 1 atom stereocenters. The van der Waals surface area contributed by atoms with Crippen molar-refractivity contribution in [1.29, 1.82) is 0 Å². The minimum Gasteiger partial charge on any atom is -0.332 e. The summed E-state index contributed by atoms with van der Waals surface area (Å²) >= 11 is 5.87. The molecule has 0 fully saturated rings. The lowest BCUT2D eigenvalue weighted by molar-refractivity contribution is 0.766. The van der Waals surface area contributed by atoms with Crippen molar-refractivity contribution in [3.63, 3.8) is 0 Å². The Morgan fingerprint density at radius 1 is 0.857 bits per heavy atom. The number of hydrogen-bond acceptors (Lipinski definition) is 2. The fraction of sp³-hybridized carbons (Fsp3) is 0.0833. The average Bonchev–Trinajstić information content (AvgIpc) is 2.75. The van der Waals surface area contributed by atoms with Crippen LogP contribution in [0.4, 0.5) is 11.4 Å². The maximum absolute atomic E-state index is 5.87. The first-order valence-electron chi connectivity index (χ1n) is 9.28. The molecule has 3 nitrogen and oxygen atoms in total. The third-order valence-electron chi connectivity index (χ3n) is 4.77. The van der Waals surface area contributed by atoms with E-state index in [-0.39, 0.29) is 6.04 Å². The minimum absolute atomic E-state index is 0.0317. The number of nitrogens with one attached hydrogen (secondary N) is 1. The summed E-state index contributed by atoms with van der Waals surface area (Å²) in [6, 6.07) is 30.6. The second-order valence-corrected chi connectivity index (χ2v) is 6.98. The van der Waals surface area contributed by atoms with Crippen LogP contribution in [0.15, 0.2) is 97.2 Å². The van der Waals surface area contributed by atoms with E-state index < -0.39 is 0 Å². The monoisotopic (exact) mass is 383 g/mol. The highest BCUT2D eigenvalue weighted by Gasteiger charge is 2.23. The van der Waals surface area contributed by atoms with Crippen molar-refractivity contribution < 1.29 is 0 Å². The lowest BCUT2D eigenvalue weighted by Crippen LogP contribution is -2.37. The first-order valence-corrected chi connectivity index (χ1v) is 9.69. The Morgan fingerprint density at radius 2 is 1.57 bits per heavy atom. The Hall–Kier alpha value is -3.24. The predicted molar refractivity (Wildman–Crippen MR) is 122 cm³/mol. The minimum atomic E-state index is -0.0317. The third-order valence-corrected chi connectivity index (χ3v) is 5.07. The molecule has 0 saturated heterocycles. The summed E-state index contributed by atoms with van der Waals surface area (Å²) in [4.78, 5) is 6.71. The van der Waals surface area contributed by atoms with E-state index in [0.29, 0.717) is 5.11 Å². The highest BCUT2D eigenvalue weighted by Crippen LogP contribution is 2.33. The molecule has 1 aromatic heterocycles. The van der Waals surface area contributed by atoms with Gasteiger partial charge < -0.3 is 10.2 Å². The van der Waals surface area contributed by atoms with Gasteiger partial charge in [-0.25, -0.2) is 0 Å². The summed E-state index contributed by atoms with van der Waals surface area (Å²) in [6.45, 7) is 2.13. The van der Waals surface area contributed by atoms with Crippen molar-refractivity contribution >= 4 is 39.5 Å². The molecular formula is C24H21N3S. The number of benzene rings is 3. The molecule has 4 rings (SSSR count). The molecular weight excluding hydrogens is 362 g/mol. The number of nitrogens with zero attached hydrogens (tertiary/aromatic N) is 2. The molecule has 1 N–H and O–H groups in total. The molecule has 0 spiro atoms. The van der Waals surface area contributed by atoms with Gasteiger partial charge in [-0.15, -0.1) is 0 Å². The first kappa shape index (κ1) is 18.1. The standard InChI is InChI=1S/C24H21N3S/c1-18(22-15-7-8-17-25-22)27(24(28)26-20-12-3-2-4-13-20)23-16-9-11-19-10-5-6-14-21(19)23/h2-18H,1H3,(H,26,28). The van der Waals surface area contributed by atoms with E-state index in [4.69, 9.17) is 12.2 Å². The van der Waals surface area contributed by atoms with E-state index in [9.17, 15) is 0 Å². The molecule has 0 amide bonds. The molecule has 0 saturated carbocycles. The van der Waals surface area contributed by atoms with Gasteiger partial charge in [0.15, 0.2) is 5.11 Å². The second-order valence-electron chi connectivity index (χ2n) is 6.60. The molecule has 0 radical (unpaired) electrons. The molecule has 0 aliphatic carbocycles. The van der Waals surface area contributed by atoms with E-state index in [0.717, 1.165) is 22.5 Å². The summed E-state index contributed by atoms with van der Waals surface area (Å²) in [6.07, 6.45) is 1.82. The molecule has 4 aromatic rings. The highest BCUT2D eigenvalue weighted by molar-refractivity contribution is 7.80. The van der Waals surface area contributed by atoms with Crippen LogP contribution in [0.5, 0.6) is 0 Å². The molecule has 0 aliphatic heterocycles. The Labute approximate surface area is 170 Å². The van der Waals surface area contributed by atoms with E-state index >= 15 is 0 Å². The van der Waals surface area contributed by atoms with E-state index in [1.807, 2.05) is 54.7 Å². The number of fused-ring (bicyclic) bond motifs is 1. The molecule has 3 aromatic carbocycles. The van der Waals surface area contributed by atoms with Crippen LogP contribution in [0.25, 0.3) is 10.8 Å². The van der Waals surface area contributed by atoms with E-state index in [2.05, 4.69) is 64.6 Å². The SMILES string of the molecule is CC(c1ccccn1)N(C(=S)Nc1ccccc1)c1cccc2ccccc12. The number of pyridine rings is 1. The number of thiocarbonyl (C=S) groups is 1. The molecule has 0 bridgehead atoms. The Bertz CT molecular complexity index is 1080. The Morgan fingerprint density at radius 3 is 2.36 bits per heavy atom. The summed E-state index contributed by atoms with van der Waals surface area (Å²) < 4.78 is 0. The van der Waals surface area contributed by atoms with Crippen molar-refractivity contribution in [2.45, 2.75) is 13.0 Å². The maximum atomic E-state index is 5.87. The lowest BCUT2D eigenvalue weighted by atomic mass is 10.1. The Balaban J connectivity index is 1.80. The van der Waals surface area contributed by atoms with Gasteiger partial charge in [0.25, 0.3) is 0 Å². The van der Waals surface area contributed by atoms with E-state index in [1.165, 1.54) is 5.39 Å². The molecule has 1 heterocycles. The normalized spacial score (nSPS) is 11.8. The van der Waals surface area contributed by atoms with Crippen LogP contribution < -0.4 is 10.2 Å². The quantitative estimate of drug-likeness (QED) is 0.425. The fourth-order valence-electron chi connectivity index (χ4n) is 3.37. The van der Waals surface area contributed by atoms with Gasteiger partial charge in [-0.2, -0.15) is 0 Å². The van der Waals surface area contributed by atoms with Crippen LogP contribution in [0, 0.1) is 0 Å². The van der Waals surface area contributed by atoms with Crippen LogP contribution in [-0.4, -0.2) is 10.1 Å². The highest BCUT2D eigenvalue weighted by atomic mass is 32.1. The lowest BCUT2D eigenvalue weighted by Gasteiger charge is -2.32. The van der Waals surface area contributed by atoms with Gasteiger partial charge in [-0.05, 0) is 54.9 Å². The summed E-state index contributed by atoms with van der Waals surface area (Å²) in [5, 5.41) is 6.36. The van der Waals surface area contributed by atoms with Gasteiger partial charge in [-0.3, -0.25) is 4.98 Å². The van der Waals surface area contributed by atoms with Gasteiger partial charge in [0.1, 0.15) is 0 Å². The number of rotatable bonds is 4. The third kappa shape index (κ3) is 3.73. The summed E-state index contributed by atoms with van der Waals surface area (Å²) in [7, 11) is 0. The predicted octanol–water partition coefficient (Wildman–Crippen LogP) is 6.20. The number of anilines is 2. The largest absolute Gasteiger partial charge is 0.332 e. The topological polar surface area (TPSA) is 28.2 Å². The number of hydrogen-bond donors (Lipinski definition) is 1. The van der Waals surface area contributed by atoms with Crippen LogP contribution in [0.2, 0.25) is 0 Å². The molecule has 28 heavy (non-hydrogen) atoms. The van der Waals surface area contributed by atoms with Crippen molar-refractivity contribution in [3.8, 4) is 0 Å². The summed E-state index contributed by atoms with van der Waals surface area (Å²) in [5.74, 6) is 0. The maximum Gasteiger partial charge on any atom is 0.178 e. The number of aromatic nitrogens is 1. The average molecular weight is 384 g/mol. The van der Waals surface area contributed by atoms with Gasteiger partial charge in [-0.1, -0.05) is 60.7 Å². The van der Waals surface area contributed by atoms with Crippen LogP contribution in [-0.2, 0) is 0 Å². The fourth-order valence-corrected chi connectivity index (χ4v) is 3.75. The molecule has 138 valence electrons. The van der Waals surface area contributed by atoms with Gasteiger partial charge in [0, 0.05) is 17.3 Å². The first-order chi connectivity index (χ1) is 13.7. The zero-order valence-electron chi connectivity index (χ0n) is 15.6. The number of para-hydroxylation sites is 1. The second kappa shape index (κ2) is 8.19. The Kier molecular flexibility index (Phi) is 5.31. The van der Waals surface area contributed by atoms with Gasteiger partial charge in [0.05, 0.1) is 17.4 Å². The van der Waals surface area contributed by atoms with Crippen molar-refractivity contribution in [3.05, 3.63) is 103 Å². The van der Waals surface area contributed by atoms with Crippen molar-refractivity contribution in [1.82, 2.24) is 4.98 Å². The van der Waals surface area contributed by atoms with Crippen molar-refractivity contribution in [2.75, 3.05) is 10.2 Å². The van der Waals surface area contributed by atoms with Crippen LogP contribution in [0.3, 0.4) is 0 Å². The van der Waals surface area contributed by atoms with Gasteiger partial charge in [0.2, 0.25) is 0 Å². The van der Waals surface area contributed by atoms with Crippen LogP contribution >= 0.6 is 12.2 Å². The zero-order valence-corrected chi connectivity index (χ0v) is 16.4. The molecule has 1 unspecified atom stereocenters. The molecule has 0 aliphatic rings. The van der Waals surface area contributed by atoms with Crippen molar-refractivity contribution in [2.24, 2.45) is 0 Å². The van der Waals surface area contributed by atoms with Gasteiger partial charge >= 0.3 is 0 Å². The van der Waals surface area contributed by atoms with Crippen LogP contribution in [0.1, 0.15) is 18.7 Å². The summed E-state index contributed by atoms with van der Waals surface area (Å²) in [5.41, 5.74) is 2.99.